The summed E-state index contributed by atoms with van der Waals surface area (Å²) in [5, 5.41) is 9.30. The Balaban J connectivity index is 1.44. The van der Waals surface area contributed by atoms with Gasteiger partial charge >= 0.3 is 0 Å². The fraction of sp³-hybridized carbons (Fsp3) is 0.500. The van der Waals surface area contributed by atoms with Crippen molar-refractivity contribution in [2.75, 3.05) is 13.2 Å². The summed E-state index contributed by atoms with van der Waals surface area (Å²) in [4.78, 5) is 29.5. The van der Waals surface area contributed by atoms with Crippen molar-refractivity contribution in [2.45, 2.75) is 44.4 Å². The fourth-order valence-corrected chi connectivity index (χ4v) is 2.88. The molecule has 1 saturated heterocycles. The molecule has 0 saturated carbocycles. The minimum absolute atomic E-state index is 0.0479. The number of carbonyl (C=O) groups excluding carboxylic acids is 2. The molecule has 0 spiro atoms. The second kappa shape index (κ2) is 8.27. The molecule has 2 N–H and O–H groups in total. The summed E-state index contributed by atoms with van der Waals surface area (Å²) in [5.41, 5.74) is 1.27. The number of nitrogens with zero attached hydrogens (tertiary/aromatic N) is 1. The zero-order valence-corrected chi connectivity index (χ0v) is 14.5. The Kier molecular flexibility index (Phi) is 5.82. The molecule has 26 heavy (non-hydrogen) atoms. The highest BCUT2D eigenvalue weighted by molar-refractivity contribution is 6.04. The SMILES string of the molecule is C[C@@H](NC(=O)[C@@H]1CC(c2ccc(F)cc2)=NO1)C(=O)NC[C@H]1CCCO1. The van der Waals surface area contributed by atoms with E-state index in [2.05, 4.69) is 15.8 Å². The first-order valence-electron chi connectivity index (χ1n) is 8.71. The van der Waals surface area contributed by atoms with E-state index in [9.17, 15) is 14.0 Å². The van der Waals surface area contributed by atoms with Crippen molar-refractivity contribution in [3.8, 4) is 0 Å². The normalized spacial score (nSPS) is 23.1. The van der Waals surface area contributed by atoms with Crippen LogP contribution in [0.3, 0.4) is 0 Å². The quantitative estimate of drug-likeness (QED) is 0.793. The standard InChI is InChI=1S/C18H22FN3O4/c1-11(17(23)20-10-14-3-2-8-25-14)21-18(24)16-9-15(22-26-16)12-4-6-13(19)7-5-12/h4-7,11,14,16H,2-3,8-10H2,1H3,(H,20,23)(H,21,24)/t11-,14-,16+/m1/s1. The Morgan fingerprint density at radius 2 is 2.12 bits per heavy atom. The number of amides is 2. The summed E-state index contributed by atoms with van der Waals surface area (Å²) in [5.74, 6) is -1.03. The van der Waals surface area contributed by atoms with Crippen LogP contribution in [0.1, 0.15) is 31.7 Å². The molecule has 1 fully saturated rings. The highest BCUT2D eigenvalue weighted by Crippen LogP contribution is 2.17. The first-order chi connectivity index (χ1) is 12.5. The van der Waals surface area contributed by atoms with Crippen molar-refractivity contribution in [1.82, 2.24) is 10.6 Å². The second-order valence-electron chi connectivity index (χ2n) is 6.45. The van der Waals surface area contributed by atoms with Gasteiger partial charge in [-0.2, -0.15) is 0 Å². The van der Waals surface area contributed by atoms with Crippen LogP contribution in [-0.2, 0) is 19.2 Å². The molecule has 8 heteroatoms. The molecule has 0 aromatic heterocycles. The van der Waals surface area contributed by atoms with E-state index in [-0.39, 0.29) is 24.2 Å². The third kappa shape index (κ3) is 4.57. The number of halogens is 1. The molecule has 3 atom stereocenters. The number of hydrogen-bond donors (Lipinski definition) is 2. The van der Waals surface area contributed by atoms with Gasteiger partial charge in [-0.15, -0.1) is 0 Å². The van der Waals surface area contributed by atoms with Gasteiger partial charge in [0.05, 0.1) is 11.8 Å². The van der Waals surface area contributed by atoms with Gasteiger partial charge in [-0.3, -0.25) is 9.59 Å². The van der Waals surface area contributed by atoms with Gasteiger partial charge in [0.1, 0.15) is 11.9 Å². The molecule has 2 aliphatic rings. The van der Waals surface area contributed by atoms with E-state index in [0.717, 1.165) is 19.4 Å². The molecule has 3 rings (SSSR count). The molecule has 2 aliphatic heterocycles. The maximum Gasteiger partial charge on any atom is 0.264 e. The third-order valence-electron chi connectivity index (χ3n) is 4.42. The van der Waals surface area contributed by atoms with Gasteiger partial charge < -0.3 is 20.2 Å². The van der Waals surface area contributed by atoms with Gasteiger partial charge in [-0.25, -0.2) is 4.39 Å². The lowest BCUT2D eigenvalue weighted by atomic mass is 10.0. The zero-order valence-electron chi connectivity index (χ0n) is 14.5. The molecule has 2 heterocycles. The van der Waals surface area contributed by atoms with Crippen LogP contribution < -0.4 is 10.6 Å². The lowest BCUT2D eigenvalue weighted by Gasteiger charge is -2.17. The molecular formula is C18H22FN3O4. The predicted octanol–water partition coefficient (Wildman–Crippen LogP) is 1.12. The molecule has 0 unspecified atom stereocenters. The maximum atomic E-state index is 13.0. The van der Waals surface area contributed by atoms with Crippen molar-refractivity contribution in [3.63, 3.8) is 0 Å². The van der Waals surface area contributed by atoms with E-state index in [0.29, 0.717) is 17.8 Å². The van der Waals surface area contributed by atoms with Crippen LogP contribution in [0.5, 0.6) is 0 Å². The summed E-state index contributed by atoms with van der Waals surface area (Å²) in [6.07, 6.45) is 1.44. The first-order valence-corrected chi connectivity index (χ1v) is 8.71. The van der Waals surface area contributed by atoms with Gasteiger partial charge in [0.15, 0.2) is 0 Å². The number of rotatable bonds is 6. The highest BCUT2D eigenvalue weighted by Gasteiger charge is 2.31. The minimum atomic E-state index is -0.802. The Hall–Kier alpha value is -2.48. The van der Waals surface area contributed by atoms with Crippen molar-refractivity contribution in [3.05, 3.63) is 35.6 Å². The van der Waals surface area contributed by atoms with Crippen LogP contribution in [-0.4, -0.2) is 48.9 Å². The first kappa shape index (κ1) is 18.3. The van der Waals surface area contributed by atoms with Crippen LogP contribution >= 0.6 is 0 Å². The Morgan fingerprint density at radius 3 is 2.81 bits per heavy atom. The summed E-state index contributed by atoms with van der Waals surface area (Å²) in [6, 6.07) is 5.12. The number of ether oxygens (including phenoxy) is 1. The molecule has 140 valence electrons. The lowest BCUT2D eigenvalue weighted by Crippen LogP contribution is -2.49. The molecule has 2 amide bonds. The molecule has 1 aromatic rings. The van der Waals surface area contributed by atoms with E-state index >= 15 is 0 Å². The summed E-state index contributed by atoms with van der Waals surface area (Å²) in [7, 11) is 0. The number of oxime groups is 1. The maximum absolute atomic E-state index is 13.0. The van der Waals surface area contributed by atoms with Crippen LogP contribution in [0.15, 0.2) is 29.4 Å². The molecule has 0 radical (unpaired) electrons. The highest BCUT2D eigenvalue weighted by atomic mass is 19.1. The average Bonchev–Trinajstić information content (AvgIpc) is 3.32. The van der Waals surface area contributed by atoms with E-state index in [1.807, 2.05) is 0 Å². The molecule has 1 aromatic carbocycles. The Labute approximate surface area is 150 Å². The summed E-state index contributed by atoms with van der Waals surface area (Å²) >= 11 is 0. The minimum Gasteiger partial charge on any atom is -0.382 e. The van der Waals surface area contributed by atoms with Crippen LogP contribution in [0.2, 0.25) is 0 Å². The van der Waals surface area contributed by atoms with Crippen LogP contribution in [0.4, 0.5) is 4.39 Å². The topological polar surface area (TPSA) is 89.0 Å². The Bertz CT molecular complexity index is 686. The zero-order chi connectivity index (χ0) is 18.5. The summed E-state index contributed by atoms with van der Waals surface area (Å²) < 4.78 is 18.4. The number of carbonyl (C=O) groups is 2. The lowest BCUT2D eigenvalue weighted by molar-refractivity contribution is -0.135. The van der Waals surface area contributed by atoms with Gasteiger partial charge in [0.25, 0.3) is 5.91 Å². The third-order valence-corrected chi connectivity index (χ3v) is 4.42. The van der Waals surface area contributed by atoms with Gasteiger partial charge in [-0.1, -0.05) is 17.3 Å². The van der Waals surface area contributed by atoms with E-state index in [1.54, 1.807) is 19.1 Å². The smallest absolute Gasteiger partial charge is 0.264 e. The van der Waals surface area contributed by atoms with Crippen LogP contribution in [0.25, 0.3) is 0 Å². The Morgan fingerprint density at radius 1 is 1.35 bits per heavy atom. The molecule has 0 bridgehead atoms. The molecule has 0 aliphatic carbocycles. The van der Waals surface area contributed by atoms with Crippen molar-refractivity contribution < 1.29 is 23.6 Å². The molecule has 7 nitrogen and oxygen atoms in total. The monoisotopic (exact) mass is 363 g/mol. The number of hydrogen-bond acceptors (Lipinski definition) is 5. The predicted molar refractivity (Wildman–Crippen MR) is 92.0 cm³/mol. The van der Waals surface area contributed by atoms with E-state index in [4.69, 9.17) is 9.57 Å². The number of nitrogens with one attached hydrogen (secondary N) is 2. The van der Waals surface area contributed by atoms with Gasteiger partial charge in [0, 0.05) is 19.6 Å². The van der Waals surface area contributed by atoms with Crippen LogP contribution in [0, 0.1) is 5.82 Å². The van der Waals surface area contributed by atoms with Crippen molar-refractivity contribution >= 4 is 17.5 Å². The number of benzene rings is 1. The van der Waals surface area contributed by atoms with E-state index < -0.39 is 18.1 Å². The van der Waals surface area contributed by atoms with Crippen molar-refractivity contribution in [2.24, 2.45) is 5.16 Å². The molecular weight excluding hydrogens is 341 g/mol. The van der Waals surface area contributed by atoms with Crippen molar-refractivity contribution in [1.29, 1.82) is 0 Å². The second-order valence-corrected chi connectivity index (χ2v) is 6.45. The largest absolute Gasteiger partial charge is 0.382 e. The van der Waals surface area contributed by atoms with Gasteiger partial charge in [0.2, 0.25) is 12.0 Å². The van der Waals surface area contributed by atoms with E-state index in [1.165, 1.54) is 12.1 Å². The average molecular weight is 363 g/mol. The van der Waals surface area contributed by atoms with Gasteiger partial charge in [-0.05, 0) is 37.5 Å². The fourth-order valence-electron chi connectivity index (χ4n) is 2.88. The summed E-state index contributed by atoms with van der Waals surface area (Å²) in [6.45, 7) is 2.78.